The van der Waals surface area contributed by atoms with E-state index in [1.165, 1.54) is 30.4 Å². The van der Waals surface area contributed by atoms with Crippen LogP contribution in [0.2, 0.25) is 0 Å². The van der Waals surface area contributed by atoms with Crippen LogP contribution in [0.4, 0.5) is 0 Å². The zero-order valence-corrected chi connectivity index (χ0v) is 20.0. The van der Waals surface area contributed by atoms with Crippen molar-refractivity contribution in [2.24, 2.45) is 7.05 Å². The Hall–Kier alpha value is -2.93. The van der Waals surface area contributed by atoms with Gasteiger partial charge in [-0.3, -0.25) is 15.0 Å². The molecule has 0 radical (unpaired) electrons. The number of hydrazine groups is 1. The molecule has 3 aliphatic carbocycles. The molecule has 3 saturated carbocycles. The largest absolute Gasteiger partial charge is 0.287 e. The van der Waals surface area contributed by atoms with E-state index in [-0.39, 0.29) is 11.5 Å². The van der Waals surface area contributed by atoms with Gasteiger partial charge in [-0.15, -0.1) is 0 Å². The molecule has 7 nitrogen and oxygen atoms in total. The Morgan fingerprint density at radius 3 is 2.65 bits per heavy atom. The standard InChI is InChI=1S/C27H33N5O2/c1-16-8-9-18(26(33)30-29-20-10-11-20)12-21(16)23-13-22(23)19-14-28-25-24(17-6-4-3-5-7-17)27(34)31(2)32(25)15-19/h8-9,12,14-15,17,20,22-23,29H,3-7,10-11,13H2,1-2H3,(H,30,33). The Morgan fingerprint density at radius 2 is 1.88 bits per heavy atom. The van der Waals surface area contributed by atoms with Gasteiger partial charge in [0.25, 0.3) is 11.5 Å². The third-order valence-electron chi connectivity index (χ3n) is 8.05. The lowest BCUT2D eigenvalue weighted by Gasteiger charge is -2.19. The van der Waals surface area contributed by atoms with Gasteiger partial charge in [-0.25, -0.2) is 19.6 Å². The van der Waals surface area contributed by atoms with Crippen molar-refractivity contribution in [2.45, 2.75) is 82.1 Å². The van der Waals surface area contributed by atoms with Gasteiger partial charge in [0.15, 0.2) is 5.65 Å². The smallest absolute Gasteiger partial charge is 0.272 e. The minimum atomic E-state index is -0.0778. The highest BCUT2D eigenvalue weighted by molar-refractivity contribution is 5.94. The summed E-state index contributed by atoms with van der Waals surface area (Å²) in [4.78, 5) is 30.5. The first-order chi connectivity index (χ1) is 16.5. The molecule has 0 spiro atoms. The molecule has 0 aliphatic heterocycles. The van der Waals surface area contributed by atoms with Gasteiger partial charge in [0, 0.05) is 31.0 Å². The molecule has 0 saturated heterocycles. The molecule has 178 valence electrons. The lowest BCUT2D eigenvalue weighted by Crippen LogP contribution is -2.38. The van der Waals surface area contributed by atoms with E-state index >= 15 is 0 Å². The molecular formula is C27H33N5O2. The number of fused-ring (bicyclic) bond motifs is 1. The molecule has 6 rings (SSSR count). The molecule has 34 heavy (non-hydrogen) atoms. The maximum Gasteiger partial charge on any atom is 0.272 e. The Labute approximate surface area is 199 Å². The minimum absolute atomic E-state index is 0.0778. The molecule has 2 aromatic heterocycles. The molecule has 2 atom stereocenters. The number of aromatic nitrogens is 3. The molecular weight excluding hydrogens is 426 g/mol. The van der Waals surface area contributed by atoms with E-state index in [1.54, 1.807) is 4.68 Å². The minimum Gasteiger partial charge on any atom is -0.287 e. The Bertz CT molecular complexity index is 1310. The van der Waals surface area contributed by atoms with Crippen molar-refractivity contribution in [3.63, 3.8) is 0 Å². The van der Waals surface area contributed by atoms with Gasteiger partial charge in [-0.1, -0.05) is 25.3 Å². The molecule has 7 heteroatoms. The Morgan fingerprint density at radius 1 is 1.09 bits per heavy atom. The zero-order valence-electron chi connectivity index (χ0n) is 20.0. The van der Waals surface area contributed by atoms with E-state index in [4.69, 9.17) is 4.98 Å². The van der Waals surface area contributed by atoms with Crippen molar-refractivity contribution >= 4 is 11.6 Å². The second-order valence-corrected chi connectivity index (χ2v) is 10.5. The Kier molecular flexibility index (Phi) is 5.32. The van der Waals surface area contributed by atoms with Crippen LogP contribution < -0.4 is 16.4 Å². The van der Waals surface area contributed by atoms with Crippen molar-refractivity contribution in [3.05, 3.63) is 68.8 Å². The van der Waals surface area contributed by atoms with E-state index in [1.807, 2.05) is 36.0 Å². The number of rotatable bonds is 6. The van der Waals surface area contributed by atoms with E-state index in [2.05, 4.69) is 24.0 Å². The number of amides is 1. The van der Waals surface area contributed by atoms with E-state index in [0.29, 0.717) is 29.4 Å². The van der Waals surface area contributed by atoms with E-state index in [9.17, 15) is 9.59 Å². The molecule has 2 heterocycles. The predicted octanol–water partition coefficient (Wildman–Crippen LogP) is 4.06. The fourth-order valence-corrected chi connectivity index (χ4v) is 5.72. The zero-order chi connectivity index (χ0) is 23.4. The summed E-state index contributed by atoms with van der Waals surface area (Å²) in [6.07, 6.45) is 13.2. The number of benzene rings is 1. The quantitative estimate of drug-likeness (QED) is 0.545. The van der Waals surface area contributed by atoms with Gasteiger partial charge in [-0.2, -0.15) is 0 Å². The average molecular weight is 460 g/mol. The molecule has 3 aromatic rings. The highest BCUT2D eigenvalue weighted by atomic mass is 16.2. The van der Waals surface area contributed by atoms with Crippen molar-refractivity contribution in [3.8, 4) is 0 Å². The topological polar surface area (TPSA) is 80.4 Å². The van der Waals surface area contributed by atoms with Crippen molar-refractivity contribution < 1.29 is 4.79 Å². The summed E-state index contributed by atoms with van der Waals surface area (Å²) in [5, 5.41) is 0. The number of hydrogen-bond acceptors (Lipinski definition) is 4. The summed E-state index contributed by atoms with van der Waals surface area (Å²) in [6.45, 7) is 2.11. The summed E-state index contributed by atoms with van der Waals surface area (Å²) in [7, 11) is 1.85. The lowest BCUT2D eigenvalue weighted by molar-refractivity contribution is 0.0932. The van der Waals surface area contributed by atoms with Crippen molar-refractivity contribution in [1.29, 1.82) is 0 Å². The molecule has 1 amide bonds. The lowest BCUT2D eigenvalue weighted by atomic mass is 9.85. The maximum absolute atomic E-state index is 13.1. The van der Waals surface area contributed by atoms with Crippen LogP contribution in [-0.2, 0) is 7.05 Å². The summed E-state index contributed by atoms with van der Waals surface area (Å²) in [5.41, 5.74) is 12.0. The molecule has 2 N–H and O–H groups in total. The van der Waals surface area contributed by atoms with Crippen LogP contribution in [0.5, 0.6) is 0 Å². The number of nitrogens with zero attached hydrogens (tertiary/aromatic N) is 3. The Balaban J connectivity index is 1.25. The van der Waals surface area contributed by atoms with Gasteiger partial charge < -0.3 is 0 Å². The van der Waals surface area contributed by atoms with Gasteiger partial charge in [0.1, 0.15) is 0 Å². The van der Waals surface area contributed by atoms with Crippen LogP contribution in [0.1, 0.15) is 102 Å². The SMILES string of the molecule is Cc1ccc(C(=O)NNC2CC2)cc1C1CC1c1cnc2c(C3CCCCC3)c(=O)n(C)n2c1. The third kappa shape index (κ3) is 3.86. The van der Waals surface area contributed by atoms with Crippen LogP contribution in [0.25, 0.3) is 5.65 Å². The number of nitrogens with one attached hydrogen (secondary N) is 2. The molecule has 1 aromatic carbocycles. The molecule has 0 bridgehead atoms. The second-order valence-electron chi connectivity index (χ2n) is 10.5. The second kappa shape index (κ2) is 8.38. The van der Waals surface area contributed by atoms with Crippen LogP contribution in [-0.4, -0.2) is 26.1 Å². The number of aryl methyl sites for hydroxylation is 2. The maximum atomic E-state index is 13.1. The van der Waals surface area contributed by atoms with Gasteiger partial charge in [0.05, 0.1) is 5.56 Å². The number of carbonyl (C=O) groups is 1. The molecule has 2 unspecified atom stereocenters. The first-order valence-electron chi connectivity index (χ1n) is 12.7. The summed E-state index contributed by atoms with van der Waals surface area (Å²) in [6, 6.07) is 6.41. The first kappa shape index (κ1) is 21.6. The van der Waals surface area contributed by atoms with Crippen LogP contribution >= 0.6 is 0 Å². The monoisotopic (exact) mass is 459 g/mol. The van der Waals surface area contributed by atoms with E-state index < -0.39 is 0 Å². The van der Waals surface area contributed by atoms with Gasteiger partial charge in [-0.05, 0) is 85.6 Å². The van der Waals surface area contributed by atoms with Gasteiger partial charge in [0.2, 0.25) is 0 Å². The van der Waals surface area contributed by atoms with Crippen LogP contribution in [0, 0.1) is 6.92 Å². The third-order valence-corrected chi connectivity index (χ3v) is 8.05. The van der Waals surface area contributed by atoms with Crippen LogP contribution in [0.15, 0.2) is 35.4 Å². The predicted molar refractivity (Wildman–Crippen MR) is 131 cm³/mol. The molecule has 3 aliphatic rings. The van der Waals surface area contributed by atoms with Crippen LogP contribution in [0.3, 0.4) is 0 Å². The van der Waals surface area contributed by atoms with Crippen molar-refractivity contribution in [2.75, 3.05) is 0 Å². The van der Waals surface area contributed by atoms with Crippen molar-refractivity contribution in [1.82, 2.24) is 25.0 Å². The number of carbonyl (C=O) groups excluding carboxylic acids is 1. The first-order valence-corrected chi connectivity index (χ1v) is 12.7. The normalized spacial score (nSPS) is 22.8. The van der Waals surface area contributed by atoms with E-state index in [0.717, 1.165) is 48.9 Å². The number of hydrogen-bond donors (Lipinski definition) is 2. The average Bonchev–Trinajstić information content (AvgIpc) is 3.78. The summed E-state index contributed by atoms with van der Waals surface area (Å²) < 4.78 is 3.67. The summed E-state index contributed by atoms with van der Waals surface area (Å²) >= 11 is 0. The summed E-state index contributed by atoms with van der Waals surface area (Å²) in [5.74, 6) is 0.976. The fourth-order valence-electron chi connectivity index (χ4n) is 5.72. The molecule has 3 fully saturated rings. The highest BCUT2D eigenvalue weighted by Crippen LogP contribution is 2.55. The fraction of sp³-hybridized carbons (Fsp3) is 0.519. The highest BCUT2D eigenvalue weighted by Gasteiger charge is 2.41. The van der Waals surface area contributed by atoms with Gasteiger partial charge >= 0.3 is 0 Å².